The van der Waals surface area contributed by atoms with E-state index in [1.54, 1.807) is 30.5 Å². The van der Waals surface area contributed by atoms with Crippen molar-refractivity contribution in [1.29, 1.82) is 0 Å². The number of aliphatic hydroxyl groups is 1. The van der Waals surface area contributed by atoms with E-state index in [0.29, 0.717) is 31.0 Å². The Morgan fingerprint density at radius 2 is 1.84 bits per heavy atom. The Kier molecular flexibility index (Phi) is 11.5. The number of amides is 1. The predicted molar refractivity (Wildman–Crippen MR) is 239 cm³/mol. The van der Waals surface area contributed by atoms with Gasteiger partial charge in [0.25, 0.3) is 15.9 Å². The molecule has 4 aliphatic rings. The topological polar surface area (TPSA) is 182 Å². The Hall–Kier alpha value is -5.52. The Balaban J connectivity index is 0.932. The molecule has 1 atom stereocenters. The average molecular weight is 881 g/mol. The molecule has 1 aliphatic carbocycles. The molecule has 324 valence electrons. The molecule has 0 unspecified atom stereocenters. The molecule has 0 saturated carbocycles. The number of halogens is 1. The Morgan fingerprint density at radius 1 is 1.05 bits per heavy atom. The van der Waals surface area contributed by atoms with Crippen LogP contribution in [0.5, 0.6) is 17.2 Å². The van der Waals surface area contributed by atoms with Gasteiger partial charge in [-0.15, -0.1) is 4.91 Å². The van der Waals surface area contributed by atoms with Crippen LogP contribution >= 0.6 is 11.6 Å². The van der Waals surface area contributed by atoms with Crippen LogP contribution in [0.4, 0.5) is 17.1 Å². The highest BCUT2D eigenvalue weighted by atomic mass is 35.5. The molecule has 15 nitrogen and oxygen atoms in total. The predicted octanol–water partition coefficient (Wildman–Crippen LogP) is 7.16. The molecular formula is C45H49ClN8O7S. The molecule has 0 spiro atoms. The summed E-state index contributed by atoms with van der Waals surface area (Å²) in [7, 11) is -4.54. The number of pyridine rings is 1. The zero-order valence-electron chi connectivity index (χ0n) is 34.6. The number of aromatic nitrogens is 2. The van der Waals surface area contributed by atoms with Crippen molar-refractivity contribution in [1.82, 2.24) is 24.5 Å². The Morgan fingerprint density at radius 3 is 2.60 bits per heavy atom. The maximum absolute atomic E-state index is 14.0. The van der Waals surface area contributed by atoms with Crippen molar-refractivity contribution >= 4 is 61.2 Å². The van der Waals surface area contributed by atoms with Gasteiger partial charge in [0, 0.05) is 86.8 Å². The van der Waals surface area contributed by atoms with Crippen LogP contribution < -0.4 is 24.4 Å². The summed E-state index contributed by atoms with van der Waals surface area (Å²) in [4.78, 5) is 39.9. The molecule has 2 saturated heterocycles. The van der Waals surface area contributed by atoms with Gasteiger partial charge < -0.3 is 29.8 Å². The lowest BCUT2D eigenvalue weighted by atomic mass is 9.72. The molecule has 17 heteroatoms. The van der Waals surface area contributed by atoms with Crippen LogP contribution in [0.15, 0.2) is 94.8 Å². The SMILES string of the molecule is CC1(C)CCC(CN2CCN(c3ccc(C(=O)NS(=O)(=O)c4cc(N=O)c5c(c4)OC[C@H](CN4CC(O)C4)N5)c(Oc4cnc5[nH]ccc5c4)c3)CC2)=C(c2ccc(Cl)cc2)C1. The third-order valence-corrected chi connectivity index (χ3v) is 13.8. The fraction of sp³-hybridized carbons (Fsp3) is 0.378. The van der Waals surface area contributed by atoms with Gasteiger partial charge in [0.05, 0.1) is 28.8 Å². The summed E-state index contributed by atoms with van der Waals surface area (Å²) in [5.74, 6) is -0.300. The number of piperazine rings is 1. The highest BCUT2D eigenvalue weighted by Crippen LogP contribution is 2.44. The van der Waals surface area contributed by atoms with Gasteiger partial charge in [0.15, 0.2) is 0 Å². The molecular weight excluding hydrogens is 832 g/mol. The molecule has 9 rings (SSSR count). The number of benzene rings is 3. The Bertz CT molecular complexity index is 2660. The van der Waals surface area contributed by atoms with Gasteiger partial charge in [-0.25, -0.2) is 18.1 Å². The standard InChI is InChI=1S/C45H49ClN8O7S/c1-45(2)11-9-30(38(21-45)28-3-5-31(46)6-4-28)23-52-13-15-54(16-14-52)33-7-8-37(40(18-33)61-35-17-29-10-12-47-43(29)48-22-35)44(56)51-62(58,59)36-19-39(50-57)42-41(20-36)60-27-32(49-42)24-53-25-34(55)26-53/h3-8,10,12,17-20,22,32,34,49,55H,9,11,13-16,21,23-27H2,1-2H3,(H,47,48)(H,51,56)/t32-/m0/s1. The first-order valence-corrected chi connectivity index (χ1v) is 22.7. The van der Waals surface area contributed by atoms with Gasteiger partial charge in [-0.2, -0.15) is 0 Å². The third-order valence-electron chi connectivity index (χ3n) is 12.2. The molecule has 1 amide bonds. The molecule has 0 radical (unpaired) electrons. The summed E-state index contributed by atoms with van der Waals surface area (Å²) in [6, 6.07) is 19.1. The quantitative estimate of drug-likeness (QED) is 0.0930. The van der Waals surface area contributed by atoms with E-state index in [-0.39, 0.29) is 57.5 Å². The number of carbonyl (C=O) groups excluding carboxylic acids is 1. The lowest BCUT2D eigenvalue weighted by Crippen LogP contribution is -2.55. The lowest BCUT2D eigenvalue weighted by molar-refractivity contribution is -0.00238. The Labute approximate surface area is 365 Å². The first kappa shape index (κ1) is 41.8. The number of H-pyrrole nitrogens is 1. The number of rotatable bonds is 12. The van der Waals surface area contributed by atoms with E-state index in [0.717, 1.165) is 74.1 Å². The number of nitroso groups, excluding NO2 is 1. The second-order valence-electron chi connectivity index (χ2n) is 17.4. The van der Waals surface area contributed by atoms with E-state index in [4.69, 9.17) is 21.1 Å². The fourth-order valence-corrected chi connectivity index (χ4v) is 9.94. The smallest absolute Gasteiger partial charge is 0.268 e. The molecule has 5 aromatic rings. The number of allylic oxidation sites excluding steroid dienone is 1. The average Bonchev–Trinajstić information content (AvgIpc) is 3.72. The van der Waals surface area contributed by atoms with Crippen LogP contribution in [0.1, 0.15) is 49.0 Å². The molecule has 0 bridgehead atoms. The fourth-order valence-electron chi connectivity index (χ4n) is 8.82. The lowest BCUT2D eigenvalue weighted by Gasteiger charge is -2.39. The number of anilines is 2. The van der Waals surface area contributed by atoms with E-state index in [1.807, 2.05) is 23.1 Å². The molecule has 3 aromatic carbocycles. The number of fused-ring (bicyclic) bond motifs is 2. The van der Waals surface area contributed by atoms with Gasteiger partial charge in [-0.1, -0.05) is 43.2 Å². The largest absolute Gasteiger partial charge is 0.489 e. The number of nitrogens with zero attached hydrogens (tertiary/aromatic N) is 5. The minimum absolute atomic E-state index is 0.0180. The summed E-state index contributed by atoms with van der Waals surface area (Å²) in [5, 5.41) is 17.5. The van der Waals surface area contributed by atoms with Gasteiger partial charge >= 0.3 is 0 Å². The summed E-state index contributed by atoms with van der Waals surface area (Å²) in [6.07, 6.45) is 6.14. The number of β-amino-alcohol motifs (C(OH)–C–C–N with tert-alkyl or cyclic N) is 1. The number of ether oxygens (including phenoxy) is 2. The van der Waals surface area contributed by atoms with E-state index >= 15 is 0 Å². The van der Waals surface area contributed by atoms with Crippen molar-refractivity contribution in [2.24, 2.45) is 10.6 Å². The van der Waals surface area contributed by atoms with Gasteiger partial charge in [-0.3, -0.25) is 14.6 Å². The van der Waals surface area contributed by atoms with Crippen LogP contribution in [0.25, 0.3) is 16.6 Å². The van der Waals surface area contributed by atoms with Crippen molar-refractivity contribution in [2.75, 3.05) is 69.2 Å². The summed E-state index contributed by atoms with van der Waals surface area (Å²) >= 11 is 6.24. The van der Waals surface area contributed by atoms with Crippen molar-refractivity contribution < 1.29 is 27.8 Å². The van der Waals surface area contributed by atoms with Crippen LogP contribution in [0.2, 0.25) is 5.02 Å². The summed E-state index contributed by atoms with van der Waals surface area (Å²) < 4.78 is 42.0. The molecule has 4 N–H and O–H groups in total. The summed E-state index contributed by atoms with van der Waals surface area (Å²) in [6.45, 7) is 10.5. The second kappa shape index (κ2) is 17.0. The van der Waals surface area contributed by atoms with Crippen LogP contribution in [-0.2, 0) is 10.0 Å². The number of nitrogens with one attached hydrogen (secondary N) is 3. The van der Waals surface area contributed by atoms with E-state index < -0.39 is 15.9 Å². The zero-order valence-corrected chi connectivity index (χ0v) is 36.1. The normalized spacial score (nSPS) is 19.6. The maximum Gasteiger partial charge on any atom is 0.268 e. The molecule has 62 heavy (non-hydrogen) atoms. The zero-order chi connectivity index (χ0) is 43.2. The van der Waals surface area contributed by atoms with Gasteiger partial charge in [0.2, 0.25) is 0 Å². The number of sulfonamides is 1. The number of carbonyl (C=O) groups is 1. The molecule has 5 heterocycles. The molecule has 2 aromatic heterocycles. The highest BCUT2D eigenvalue weighted by Gasteiger charge is 2.33. The first-order valence-electron chi connectivity index (χ1n) is 20.9. The molecule has 2 fully saturated rings. The van der Waals surface area contributed by atoms with E-state index in [9.17, 15) is 23.2 Å². The van der Waals surface area contributed by atoms with Crippen molar-refractivity contribution in [3.05, 3.63) is 106 Å². The van der Waals surface area contributed by atoms with Crippen LogP contribution in [-0.4, -0.2) is 110 Å². The monoisotopic (exact) mass is 880 g/mol. The maximum atomic E-state index is 14.0. The molecule has 3 aliphatic heterocycles. The first-order chi connectivity index (χ1) is 29.8. The third kappa shape index (κ3) is 9.01. The van der Waals surface area contributed by atoms with Crippen molar-refractivity contribution in [3.63, 3.8) is 0 Å². The van der Waals surface area contributed by atoms with Crippen molar-refractivity contribution in [2.45, 2.75) is 50.2 Å². The number of likely N-dealkylation sites (tertiary alicyclic amines) is 1. The number of aromatic amines is 1. The van der Waals surface area contributed by atoms with Gasteiger partial charge in [-0.05, 0) is 83.5 Å². The van der Waals surface area contributed by atoms with Gasteiger partial charge in [0.1, 0.15) is 40.9 Å². The second-order valence-corrected chi connectivity index (χ2v) is 19.5. The minimum atomic E-state index is -4.54. The summed E-state index contributed by atoms with van der Waals surface area (Å²) in [5.41, 5.74) is 5.90. The number of hydrogen-bond donors (Lipinski definition) is 4. The minimum Gasteiger partial charge on any atom is -0.489 e. The van der Waals surface area contributed by atoms with Crippen LogP contribution in [0.3, 0.4) is 0 Å². The van der Waals surface area contributed by atoms with E-state index in [2.05, 4.69) is 61.0 Å². The van der Waals surface area contributed by atoms with E-state index in [1.165, 1.54) is 29.0 Å². The van der Waals surface area contributed by atoms with Crippen LogP contribution in [0, 0.1) is 10.3 Å². The highest BCUT2D eigenvalue weighted by molar-refractivity contribution is 7.90. The number of hydrogen-bond acceptors (Lipinski definition) is 13. The van der Waals surface area contributed by atoms with Crippen molar-refractivity contribution in [3.8, 4) is 17.2 Å². The number of aliphatic hydroxyl groups excluding tert-OH is 1.